The minimum absolute atomic E-state index is 0. The van der Waals surface area contributed by atoms with Crippen LogP contribution >= 0.6 is 0 Å². The van der Waals surface area contributed by atoms with Crippen molar-refractivity contribution in [3.05, 3.63) is 65.6 Å². The molecule has 0 aliphatic carbocycles. The van der Waals surface area contributed by atoms with Gasteiger partial charge in [0.2, 0.25) is 0 Å². The van der Waals surface area contributed by atoms with Gasteiger partial charge in [0, 0.05) is 38.4 Å². The summed E-state index contributed by atoms with van der Waals surface area (Å²) >= 11 is 0. The van der Waals surface area contributed by atoms with Crippen molar-refractivity contribution in [1.82, 2.24) is 25.2 Å². The lowest BCUT2D eigenvalue weighted by Crippen LogP contribution is -2.57. The Morgan fingerprint density at radius 2 is 1.94 bits per heavy atom. The maximum absolute atomic E-state index is 17.0. The Morgan fingerprint density at radius 1 is 1.10 bits per heavy atom. The van der Waals surface area contributed by atoms with Crippen LogP contribution in [0.1, 0.15) is 52.4 Å². The Morgan fingerprint density at radius 3 is 2.79 bits per heavy atom. The summed E-state index contributed by atoms with van der Waals surface area (Å²) in [4.78, 5) is 31.2. The molecular formula is C36H39F3N6O3. The third-order valence-corrected chi connectivity index (χ3v) is 10.5. The summed E-state index contributed by atoms with van der Waals surface area (Å²) in [5, 5.41) is 5.31. The van der Waals surface area contributed by atoms with E-state index in [1.165, 1.54) is 0 Å². The molecule has 3 fully saturated rings. The molecule has 2 aromatic heterocycles. The zero-order valence-electron chi connectivity index (χ0n) is 26.8. The van der Waals surface area contributed by atoms with Crippen LogP contribution in [0.15, 0.2) is 54.2 Å². The summed E-state index contributed by atoms with van der Waals surface area (Å²) in [6, 6.07) is 11.7. The van der Waals surface area contributed by atoms with Gasteiger partial charge in [0.25, 0.3) is 6.08 Å². The van der Waals surface area contributed by atoms with E-state index in [1.807, 2.05) is 48.2 Å². The summed E-state index contributed by atoms with van der Waals surface area (Å²) in [5.41, 5.74) is 0.784. The van der Waals surface area contributed by atoms with Crippen molar-refractivity contribution in [3.63, 3.8) is 0 Å². The van der Waals surface area contributed by atoms with Crippen molar-refractivity contribution < 1.29 is 28.9 Å². The van der Waals surface area contributed by atoms with Gasteiger partial charge < -0.3 is 19.7 Å². The van der Waals surface area contributed by atoms with Gasteiger partial charge >= 0.3 is 12.1 Å². The fourth-order valence-corrected chi connectivity index (χ4v) is 8.24. The van der Waals surface area contributed by atoms with Crippen LogP contribution in [0.4, 0.5) is 23.8 Å². The molecule has 252 valence electrons. The molecular weight excluding hydrogens is 621 g/mol. The number of carbonyl (C=O) groups excluding carboxylic acids is 1. The first-order valence-corrected chi connectivity index (χ1v) is 16.7. The Kier molecular flexibility index (Phi) is 7.65. The third kappa shape index (κ3) is 5.39. The molecule has 0 saturated carbocycles. The highest BCUT2D eigenvalue weighted by Gasteiger charge is 2.48. The van der Waals surface area contributed by atoms with Crippen LogP contribution in [-0.2, 0) is 11.2 Å². The van der Waals surface area contributed by atoms with E-state index >= 15 is 4.39 Å². The van der Waals surface area contributed by atoms with Crippen molar-refractivity contribution in [2.45, 2.75) is 62.9 Å². The first kappa shape index (κ1) is 30.9. The fraction of sp³-hybridized carbons (Fsp3) is 0.444. The van der Waals surface area contributed by atoms with Gasteiger partial charge in [0.05, 0.1) is 23.1 Å². The molecule has 5 aliphatic rings. The smallest absolute Gasteiger partial charge is 0.407 e. The number of rotatable bonds is 3. The number of nitrogens with zero attached hydrogens (tertiary/aromatic N) is 5. The first-order chi connectivity index (χ1) is 23.2. The number of pyridine rings is 1. The molecule has 4 aromatic rings. The van der Waals surface area contributed by atoms with E-state index in [1.54, 1.807) is 6.20 Å². The predicted molar refractivity (Wildman–Crippen MR) is 178 cm³/mol. The van der Waals surface area contributed by atoms with Crippen LogP contribution in [0, 0.1) is 5.82 Å². The molecule has 7 heterocycles. The summed E-state index contributed by atoms with van der Waals surface area (Å²) in [5.74, 6) is -0.144. The maximum Gasteiger partial charge on any atom is 0.407 e. The molecule has 5 aliphatic heterocycles. The number of benzene rings is 2. The number of piperidine rings is 1. The summed E-state index contributed by atoms with van der Waals surface area (Å²) in [7, 11) is 0. The summed E-state index contributed by atoms with van der Waals surface area (Å²) in [6.45, 7) is 4.23. The van der Waals surface area contributed by atoms with Crippen LogP contribution in [0.5, 0.6) is 6.01 Å². The molecule has 3 saturated heterocycles. The molecule has 1 N–H and O–H groups in total. The molecule has 2 atom stereocenters. The Labute approximate surface area is 277 Å². The minimum Gasteiger partial charge on any atom is -0.461 e. The summed E-state index contributed by atoms with van der Waals surface area (Å²) < 4.78 is 56.2. The van der Waals surface area contributed by atoms with Crippen LogP contribution in [-0.4, -0.2) is 76.4 Å². The average Bonchev–Trinajstić information content (AvgIpc) is 3.63. The Bertz CT molecular complexity index is 1970. The van der Waals surface area contributed by atoms with E-state index in [9.17, 15) is 13.6 Å². The van der Waals surface area contributed by atoms with E-state index in [2.05, 4.69) is 15.2 Å². The quantitative estimate of drug-likeness (QED) is 0.251. The number of alkyl carbamates (subject to hydrolysis) is 1. The molecule has 0 radical (unpaired) electrons. The lowest BCUT2D eigenvalue weighted by atomic mass is 9.91. The number of nitrogens with one attached hydrogen (secondary N) is 1. The summed E-state index contributed by atoms with van der Waals surface area (Å²) in [6.07, 6.45) is 4.00. The monoisotopic (exact) mass is 660 g/mol. The fourth-order valence-electron chi connectivity index (χ4n) is 8.24. The molecule has 0 spiro atoms. The largest absolute Gasteiger partial charge is 0.461 e. The van der Waals surface area contributed by atoms with Crippen molar-refractivity contribution in [2.75, 3.05) is 44.3 Å². The Balaban J connectivity index is 0.00000378. The van der Waals surface area contributed by atoms with Gasteiger partial charge in [0.1, 0.15) is 23.6 Å². The topological polar surface area (TPSA) is 92.7 Å². The number of aromatic nitrogens is 3. The molecule has 6 bridgehead atoms. The molecule has 1 amide bonds. The molecule has 2 aromatic carbocycles. The zero-order chi connectivity index (χ0) is 33.0. The third-order valence-electron chi connectivity index (χ3n) is 10.5. The van der Waals surface area contributed by atoms with Crippen LogP contribution < -0.4 is 15.0 Å². The number of ether oxygens (including phenoxy) is 2. The van der Waals surface area contributed by atoms with E-state index < -0.39 is 29.1 Å². The highest BCUT2D eigenvalue weighted by molar-refractivity contribution is 6.00. The highest BCUT2D eigenvalue weighted by Crippen LogP contribution is 2.43. The second-order valence-electron chi connectivity index (χ2n) is 13.9. The van der Waals surface area contributed by atoms with E-state index in [-0.39, 0.29) is 50.4 Å². The van der Waals surface area contributed by atoms with Gasteiger partial charge in [-0.05, 0) is 74.8 Å². The number of halogens is 3. The van der Waals surface area contributed by atoms with Gasteiger partial charge in [-0.1, -0.05) is 36.4 Å². The number of amides is 1. The normalized spacial score (nSPS) is 24.5. The van der Waals surface area contributed by atoms with Crippen LogP contribution in [0.3, 0.4) is 0 Å². The molecule has 48 heavy (non-hydrogen) atoms. The number of fused-ring (bicyclic) bond motifs is 7. The average molecular weight is 661 g/mol. The van der Waals surface area contributed by atoms with Crippen molar-refractivity contribution >= 4 is 33.6 Å². The van der Waals surface area contributed by atoms with E-state index in [4.69, 9.17) is 19.4 Å². The van der Waals surface area contributed by atoms with E-state index in [0.29, 0.717) is 55.7 Å². The molecule has 9 rings (SSSR count). The number of aryl methyl sites for hydroxylation is 1. The van der Waals surface area contributed by atoms with Crippen LogP contribution in [0.25, 0.3) is 32.9 Å². The number of anilines is 1. The SMILES string of the molecule is C[C@@]12CCCN(C1)c1nc(OC[C@@]34CCCN3CC(=C(F)F)C4)nc3c(F)c(ncc13)-c1cccc3cccc(c13)CCCOC(=O)N2.[HH]. The van der Waals surface area contributed by atoms with Crippen molar-refractivity contribution in [1.29, 1.82) is 0 Å². The van der Waals surface area contributed by atoms with Crippen LogP contribution in [0.2, 0.25) is 0 Å². The number of hydrogen-bond donors (Lipinski definition) is 1. The first-order valence-electron chi connectivity index (χ1n) is 16.7. The van der Waals surface area contributed by atoms with Gasteiger partial charge in [-0.15, -0.1) is 0 Å². The van der Waals surface area contributed by atoms with Gasteiger partial charge in [-0.3, -0.25) is 9.88 Å². The van der Waals surface area contributed by atoms with Gasteiger partial charge in [-0.25, -0.2) is 9.18 Å². The van der Waals surface area contributed by atoms with E-state index in [0.717, 1.165) is 35.6 Å². The standard InChI is InChI=1S/C36H37F3N6O3.H2/c1-35-12-5-14-44(20-35)32-26-18-40-29(25-11-3-9-22-7-2-8-23(27(22)25)10-4-16-47-34(46)43-35)28(37)30(26)41-33(42-32)48-21-36-13-6-15-45(36)19-24(17-36)31(38)39;/h2-3,7-9,11,18H,4-6,10,12-17,19-21H2,1H3,(H,43,46);1H/t35-,36+;/m1./s1. The second kappa shape index (κ2) is 11.9. The molecule has 9 nitrogen and oxygen atoms in total. The highest BCUT2D eigenvalue weighted by atomic mass is 19.3. The number of carbonyl (C=O) groups is 1. The Hall–Kier alpha value is -4.45. The van der Waals surface area contributed by atoms with Crippen molar-refractivity contribution in [3.8, 4) is 17.3 Å². The maximum atomic E-state index is 17.0. The molecule has 0 unspecified atom stereocenters. The second-order valence-corrected chi connectivity index (χ2v) is 13.9. The lowest BCUT2D eigenvalue weighted by molar-refractivity contribution is 0.108. The molecule has 12 heteroatoms. The zero-order valence-corrected chi connectivity index (χ0v) is 26.8. The van der Waals surface area contributed by atoms with Crippen molar-refractivity contribution in [2.24, 2.45) is 0 Å². The number of hydrogen-bond acceptors (Lipinski definition) is 8. The lowest BCUT2D eigenvalue weighted by Gasteiger charge is -2.41. The minimum atomic E-state index is -1.63. The van der Waals surface area contributed by atoms with Gasteiger partial charge in [0.15, 0.2) is 5.82 Å². The predicted octanol–water partition coefficient (Wildman–Crippen LogP) is 7.03. The van der Waals surface area contributed by atoms with Gasteiger partial charge in [-0.2, -0.15) is 18.7 Å².